The molecule has 0 atom stereocenters. The number of rotatable bonds is 6. The van der Waals surface area contributed by atoms with Crippen LogP contribution in [0, 0.1) is 6.92 Å². The number of ketones is 1. The third kappa shape index (κ3) is 4.59. The van der Waals surface area contributed by atoms with Gasteiger partial charge in [0.1, 0.15) is 12.4 Å². The van der Waals surface area contributed by atoms with Gasteiger partial charge in [0.05, 0.1) is 0 Å². The number of allylic oxidation sites excluding steroid dienone is 1. The number of carboxylic acid groups (broad SMARTS) is 1. The first-order chi connectivity index (χ1) is 10.5. The van der Waals surface area contributed by atoms with E-state index in [1.165, 1.54) is 5.56 Å². The van der Waals surface area contributed by atoms with Crippen LogP contribution in [0.25, 0.3) is 0 Å². The Morgan fingerprint density at radius 3 is 2.45 bits per heavy atom. The van der Waals surface area contributed by atoms with Crippen molar-refractivity contribution in [3.63, 3.8) is 0 Å². The van der Waals surface area contributed by atoms with E-state index in [-0.39, 0.29) is 5.78 Å². The molecule has 2 aromatic rings. The van der Waals surface area contributed by atoms with Crippen molar-refractivity contribution >= 4 is 11.8 Å². The average Bonchev–Trinajstić information content (AvgIpc) is 2.51. The molecular weight excluding hydrogens is 280 g/mol. The van der Waals surface area contributed by atoms with Crippen molar-refractivity contribution in [2.45, 2.75) is 13.5 Å². The predicted octanol–water partition coefficient (Wildman–Crippen LogP) is 3.40. The summed E-state index contributed by atoms with van der Waals surface area (Å²) in [4.78, 5) is 22.1. The van der Waals surface area contributed by atoms with E-state index in [4.69, 9.17) is 9.84 Å². The van der Waals surface area contributed by atoms with Gasteiger partial charge in [-0.05, 0) is 42.8 Å². The number of aliphatic carboxylic acids is 1. The van der Waals surface area contributed by atoms with Crippen LogP contribution in [0.4, 0.5) is 0 Å². The molecule has 0 fully saturated rings. The van der Waals surface area contributed by atoms with Gasteiger partial charge in [-0.25, -0.2) is 4.79 Å². The van der Waals surface area contributed by atoms with E-state index in [0.717, 1.165) is 17.7 Å². The summed E-state index contributed by atoms with van der Waals surface area (Å²) in [6, 6.07) is 14.6. The minimum Gasteiger partial charge on any atom is -0.489 e. The molecule has 4 heteroatoms. The number of carbonyl (C=O) groups is 2. The molecule has 2 aromatic carbocycles. The lowest BCUT2D eigenvalue weighted by atomic mass is 10.1. The van der Waals surface area contributed by atoms with E-state index in [0.29, 0.717) is 17.9 Å². The van der Waals surface area contributed by atoms with Gasteiger partial charge in [-0.3, -0.25) is 4.79 Å². The van der Waals surface area contributed by atoms with Crippen LogP contribution in [0.2, 0.25) is 0 Å². The minimum atomic E-state index is -1.15. The van der Waals surface area contributed by atoms with Gasteiger partial charge >= 0.3 is 5.97 Å². The second-order valence-corrected chi connectivity index (χ2v) is 4.84. The van der Waals surface area contributed by atoms with Crippen LogP contribution in [0.15, 0.2) is 60.7 Å². The molecule has 4 nitrogen and oxygen atoms in total. The van der Waals surface area contributed by atoms with E-state index in [9.17, 15) is 9.59 Å². The highest BCUT2D eigenvalue weighted by Crippen LogP contribution is 2.15. The molecule has 2 rings (SSSR count). The quantitative estimate of drug-likeness (QED) is 0.655. The maximum absolute atomic E-state index is 11.7. The minimum absolute atomic E-state index is 0.354. The maximum atomic E-state index is 11.7. The van der Waals surface area contributed by atoms with Gasteiger partial charge in [0.2, 0.25) is 0 Å². The van der Waals surface area contributed by atoms with E-state index in [1.54, 1.807) is 24.3 Å². The Morgan fingerprint density at radius 2 is 1.82 bits per heavy atom. The number of hydrogen-bond acceptors (Lipinski definition) is 3. The molecule has 22 heavy (non-hydrogen) atoms. The van der Waals surface area contributed by atoms with Crippen LogP contribution in [0.3, 0.4) is 0 Å². The normalized spacial score (nSPS) is 10.6. The zero-order chi connectivity index (χ0) is 15.9. The van der Waals surface area contributed by atoms with Gasteiger partial charge < -0.3 is 9.84 Å². The van der Waals surface area contributed by atoms with Gasteiger partial charge in [0.25, 0.3) is 0 Å². The monoisotopic (exact) mass is 296 g/mol. The van der Waals surface area contributed by atoms with Crippen molar-refractivity contribution in [3.8, 4) is 5.75 Å². The summed E-state index contributed by atoms with van der Waals surface area (Å²) < 4.78 is 5.66. The molecule has 1 N–H and O–H groups in total. The summed E-state index contributed by atoms with van der Waals surface area (Å²) in [5.74, 6) is -0.848. The van der Waals surface area contributed by atoms with Crippen LogP contribution < -0.4 is 4.74 Å². The van der Waals surface area contributed by atoms with Crippen molar-refractivity contribution < 1.29 is 19.4 Å². The molecule has 0 bridgehead atoms. The summed E-state index contributed by atoms with van der Waals surface area (Å²) in [6.45, 7) is 2.47. The molecule has 0 heterocycles. The smallest absolute Gasteiger partial charge is 0.328 e. The van der Waals surface area contributed by atoms with Crippen molar-refractivity contribution in [2.24, 2.45) is 0 Å². The third-order valence-corrected chi connectivity index (χ3v) is 3.00. The zero-order valence-corrected chi connectivity index (χ0v) is 12.2. The first-order valence-corrected chi connectivity index (χ1v) is 6.78. The molecule has 0 amide bonds. The first kappa shape index (κ1) is 15.5. The van der Waals surface area contributed by atoms with Crippen molar-refractivity contribution in [1.29, 1.82) is 0 Å². The first-order valence-electron chi connectivity index (χ1n) is 6.78. The molecule has 0 saturated heterocycles. The van der Waals surface area contributed by atoms with Crippen LogP contribution in [0.5, 0.6) is 5.75 Å². The predicted molar refractivity (Wildman–Crippen MR) is 83.1 cm³/mol. The lowest BCUT2D eigenvalue weighted by molar-refractivity contribution is -0.131. The van der Waals surface area contributed by atoms with E-state index in [1.807, 2.05) is 25.1 Å². The molecule has 0 radical (unpaired) electrons. The third-order valence-electron chi connectivity index (χ3n) is 3.00. The maximum Gasteiger partial charge on any atom is 0.328 e. The Morgan fingerprint density at radius 1 is 1.09 bits per heavy atom. The standard InChI is InChI=1S/C18H16O4/c1-13-3-2-4-14(11-13)12-22-16-7-5-15(6-8-16)17(19)9-10-18(20)21/h2-11H,12H2,1H3,(H,20,21)/b10-9+. The number of carboxylic acids is 1. The van der Waals surface area contributed by atoms with Crippen LogP contribution in [-0.2, 0) is 11.4 Å². The molecule has 0 spiro atoms. The lowest BCUT2D eigenvalue weighted by Gasteiger charge is -2.07. The van der Waals surface area contributed by atoms with E-state index < -0.39 is 5.97 Å². The Kier molecular flexibility index (Phi) is 5.09. The number of carbonyl (C=O) groups excluding carboxylic acids is 1. The number of ether oxygens (including phenoxy) is 1. The zero-order valence-electron chi connectivity index (χ0n) is 12.2. The fourth-order valence-electron chi connectivity index (χ4n) is 1.93. The number of aryl methyl sites for hydroxylation is 1. The highest BCUT2D eigenvalue weighted by Gasteiger charge is 2.03. The van der Waals surface area contributed by atoms with Crippen molar-refractivity contribution in [2.75, 3.05) is 0 Å². The summed E-state index contributed by atoms with van der Waals surface area (Å²) in [7, 11) is 0. The molecule has 0 saturated carbocycles. The molecule has 0 aliphatic carbocycles. The van der Waals surface area contributed by atoms with E-state index in [2.05, 4.69) is 6.07 Å². The molecular formula is C18H16O4. The largest absolute Gasteiger partial charge is 0.489 e. The van der Waals surface area contributed by atoms with E-state index >= 15 is 0 Å². The fraction of sp³-hybridized carbons (Fsp3) is 0.111. The van der Waals surface area contributed by atoms with Gasteiger partial charge in [-0.1, -0.05) is 29.8 Å². The SMILES string of the molecule is Cc1cccc(COc2ccc(C(=O)/C=C/C(=O)O)cc2)c1. The fourth-order valence-corrected chi connectivity index (χ4v) is 1.93. The summed E-state index contributed by atoms with van der Waals surface area (Å²) in [5, 5.41) is 8.49. The van der Waals surface area contributed by atoms with Gasteiger partial charge in [0.15, 0.2) is 5.78 Å². The summed E-state index contributed by atoms with van der Waals surface area (Å²) >= 11 is 0. The summed E-state index contributed by atoms with van der Waals surface area (Å²) in [5.41, 5.74) is 2.66. The van der Waals surface area contributed by atoms with Crippen LogP contribution in [0.1, 0.15) is 21.5 Å². The number of benzene rings is 2. The Balaban J connectivity index is 1.97. The molecule has 0 unspecified atom stereocenters. The summed E-state index contributed by atoms with van der Waals surface area (Å²) in [6.07, 6.45) is 1.86. The number of hydrogen-bond donors (Lipinski definition) is 1. The van der Waals surface area contributed by atoms with Gasteiger partial charge in [-0.2, -0.15) is 0 Å². The Bertz CT molecular complexity index is 699. The van der Waals surface area contributed by atoms with Gasteiger partial charge in [0, 0.05) is 11.6 Å². The highest BCUT2D eigenvalue weighted by atomic mass is 16.5. The van der Waals surface area contributed by atoms with Crippen LogP contribution >= 0.6 is 0 Å². The second-order valence-electron chi connectivity index (χ2n) is 4.84. The molecule has 0 aromatic heterocycles. The molecule has 112 valence electrons. The topological polar surface area (TPSA) is 63.6 Å². The van der Waals surface area contributed by atoms with Crippen molar-refractivity contribution in [1.82, 2.24) is 0 Å². The highest BCUT2D eigenvalue weighted by molar-refractivity contribution is 6.06. The van der Waals surface area contributed by atoms with Gasteiger partial charge in [-0.15, -0.1) is 0 Å². The van der Waals surface area contributed by atoms with Crippen molar-refractivity contribution in [3.05, 3.63) is 77.4 Å². The average molecular weight is 296 g/mol. The Hall–Kier alpha value is -2.88. The van der Waals surface area contributed by atoms with Crippen LogP contribution in [-0.4, -0.2) is 16.9 Å². The molecule has 0 aliphatic rings. The lowest BCUT2D eigenvalue weighted by Crippen LogP contribution is -1.98. The Labute approximate surface area is 128 Å². The molecule has 0 aliphatic heterocycles. The second kappa shape index (κ2) is 7.22.